The number of fused-ring (bicyclic) bond motifs is 6. The van der Waals surface area contributed by atoms with Crippen molar-refractivity contribution in [1.29, 1.82) is 0 Å². The third-order valence-corrected chi connectivity index (χ3v) is 10.3. The summed E-state index contributed by atoms with van der Waals surface area (Å²) in [6, 6.07) is 67.0. The highest BCUT2D eigenvalue weighted by Gasteiger charge is 2.15. The SMILES string of the molecule is [C-]#[N+]c1cccc(-n2c3ccccc3c3cc(-c4ccc(-c5ccc(-c6ccc7c(c6)c6ccccc6n7-c6ccccc6)cc5)cc4)ccc32)c1. The molecule has 10 rings (SSSR count). The molecule has 0 atom stereocenters. The average molecular weight is 662 g/mol. The maximum Gasteiger partial charge on any atom is 0.189 e. The minimum absolute atomic E-state index is 0.639. The molecule has 0 saturated carbocycles. The maximum atomic E-state index is 7.52. The molecule has 0 saturated heterocycles. The van der Waals surface area contributed by atoms with Crippen molar-refractivity contribution >= 4 is 49.3 Å². The Morgan fingerprint density at radius 2 is 0.712 bits per heavy atom. The van der Waals surface area contributed by atoms with E-state index in [-0.39, 0.29) is 0 Å². The second kappa shape index (κ2) is 12.0. The molecule has 0 bridgehead atoms. The second-order valence-electron chi connectivity index (χ2n) is 13.3. The van der Waals surface area contributed by atoms with Gasteiger partial charge in [-0.05, 0) is 94.0 Å². The van der Waals surface area contributed by atoms with Crippen LogP contribution < -0.4 is 0 Å². The van der Waals surface area contributed by atoms with E-state index in [1.807, 2.05) is 18.2 Å². The van der Waals surface area contributed by atoms with Crippen molar-refractivity contribution in [2.75, 3.05) is 0 Å². The zero-order valence-corrected chi connectivity index (χ0v) is 28.2. The molecular weight excluding hydrogens is 631 g/mol. The van der Waals surface area contributed by atoms with Crippen LogP contribution in [0.25, 0.3) is 93.2 Å². The van der Waals surface area contributed by atoms with Crippen LogP contribution in [-0.4, -0.2) is 9.13 Å². The van der Waals surface area contributed by atoms with Gasteiger partial charge >= 0.3 is 0 Å². The molecule has 2 aromatic heterocycles. The van der Waals surface area contributed by atoms with Gasteiger partial charge in [0.15, 0.2) is 5.69 Å². The lowest BCUT2D eigenvalue weighted by atomic mass is 9.97. The van der Waals surface area contributed by atoms with Crippen molar-refractivity contribution in [3.8, 4) is 44.8 Å². The highest BCUT2D eigenvalue weighted by Crippen LogP contribution is 2.38. The summed E-state index contributed by atoms with van der Waals surface area (Å²) >= 11 is 0. The van der Waals surface area contributed by atoms with Gasteiger partial charge in [0.25, 0.3) is 0 Å². The molecule has 242 valence electrons. The minimum Gasteiger partial charge on any atom is -0.311 e. The number of hydrogen-bond acceptors (Lipinski definition) is 0. The monoisotopic (exact) mass is 661 g/mol. The van der Waals surface area contributed by atoms with Gasteiger partial charge in [0.2, 0.25) is 0 Å². The molecule has 3 heteroatoms. The fourth-order valence-corrected chi connectivity index (χ4v) is 7.85. The summed E-state index contributed by atoms with van der Waals surface area (Å²) in [5.74, 6) is 0. The van der Waals surface area contributed by atoms with E-state index in [0.717, 1.165) is 16.7 Å². The standard InChI is InChI=1S/C49H31N3/c1-50-39-10-9-13-41(32-39)52-47-17-8-6-15-43(47)45-31-38(27-29-49(45)52)36-24-20-34(21-25-36)33-18-22-35(23-19-33)37-26-28-48-44(30-37)42-14-5-7-16-46(42)51(48)40-11-3-2-4-12-40/h2-32H. The Hall–Kier alpha value is -7.15. The highest BCUT2D eigenvalue weighted by molar-refractivity contribution is 6.11. The molecule has 0 fully saturated rings. The molecule has 0 aliphatic carbocycles. The van der Waals surface area contributed by atoms with E-state index < -0.39 is 0 Å². The van der Waals surface area contributed by atoms with E-state index in [1.165, 1.54) is 71.6 Å². The Kier molecular flexibility index (Phi) is 6.87. The molecule has 52 heavy (non-hydrogen) atoms. The second-order valence-corrected chi connectivity index (χ2v) is 13.3. The van der Waals surface area contributed by atoms with Crippen LogP contribution in [0, 0.1) is 6.57 Å². The van der Waals surface area contributed by atoms with Gasteiger partial charge in [0, 0.05) is 32.9 Å². The van der Waals surface area contributed by atoms with Crippen molar-refractivity contribution in [3.63, 3.8) is 0 Å². The molecule has 0 N–H and O–H groups in total. The van der Waals surface area contributed by atoms with Crippen LogP contribution in [0.5, 0.6) is 0 Å². The van der Waals surface area contributed by atoms with E-state index in [0.29, 0.717) is 5.69 Å². The fourth-order valence-electron chi connectivity index (χ4n) is 7.85. The summed E-state index contributed by atoms with van der Waals surface area (Å²) in [4.78, 5) is 3.67. The predicted octanol–water partition coefficient (Wildman–Crippen LogP) is 13.4. The third-order valence-electron chi connectivity index (χ3n) is 10.3. The quantitative estimate of drug-likeness (QED) is 0.163. The minimum atomic E-state index is 0.639. The summed E-state index contributed by atoms with van der Waals surface area (Å²) in [6.07, 6.45) is 0. The van der Waals surface area contributed by atoms with Crippen LogP contribution in [0.1, 0.15) is 0 Å². The Morgan fingerprint density at radius 1 is 0.308 bits per heavy atom. The normalized spacial score (nSPS) is 11.4. The van der Waals surface area contributed by atoms with Gasteiger partial charge in [0.05, 0.1) is 28.6 Å². The first-order valence-electron chi connectivity index (χ1n) is 17.5. The molecule has 0 radical (unpaired) electrons. The van der Waals surface area contributed by atoms with Crippen molar-refractivity contribution in [1.82, 2.24) is 9.13 Å². The molecule has 3 nitrogen and oxygen atoms in total. The summed E-state index contributed by atoms with van der Waals surface area (Å²) in [5, 5.41) is 4.92. The van der Waals surface area contributed by atoms with E-state index in [9.17, 15) is 0 Å². The number of para-hydroxylation sites is 3. The first-order valence-corrected chi connectivity index (χ1v) is 17.5. The van der Waals surface area contributed by atoms with E-state index in [2.05, 4.69) is 184 Å². The van der Waals surface area contributed by atoms with Gasteiger partial charge in [-0.2, -0.15) is 0 Å². The molecule has 0 spiro atoms. The predicted molar refractivity (Wildman–Crippen MR) is 218 cm³/mol. The molecule has 0 aliphatic heterocycles. The van der Waals surface area contributed by atoms with Crippen molar-refractivity contribution in [3.05, 3.63) is 199 Å². The van der Waals surface area contributed by atoms with Gasteiger partial charge in [-0.25, -0.2) is 4.85 Å². The lowest BCUT2D eigenvalue weighted by molar-refractivity contribution is 1.18. The van der Waals surface area contributed by atoms with Crippen LogP contribution >= 0.6 is 0 Å². The lowest BCUT2D eigenvalue weighted by Gasteiger charge is -2.10. The number of hydrogen-bond donors (Lipinski definition) is 0. The summed E-state index contributed by atoms with van der Waals surface area (Å²) in [5.41, 5.74) is 14.6. The van der Waals surface area contributed by atoms with Crippen molar-refractivity contribution < 1.29 is 0 Å². The van der Waals surface area contributed by atoms with Crippen LogP contribution in [-0.2, 0) is 0 Å². The number of nitrogens with zero attached hydrogens (tertiary/aromatic N) is 3. The Labute approximate surface area is 301 Å². The summed E-state index contributed by atoms with van der Waals surface area (Å²) in [6.45, 7) is 7.52. The Bertz CT molecular complexity index is 2990. The van der Waals surface area contributed by atoms with Crippen LogP contribution in [0.4, 0.5) is 5.69 Å². The van der Waals surface area contributed by atoms with Gasteiger partial charge in [-0.1, -0.05) is 127 Å². The van der Waals surface area contributed by atoms with Gasteiger partial charge < -0.3 is 9.13 Å². The number of rotatable bonds is 5. The van der Waals surface area contributed by atoms with Gasteiger partial charge in [0.1, 0.15) is 0 Å². The zero-order valence-electron chi connectivity index (χ0n) is 28.2. The molecule has 0 aliphatic rings. The highest BCUT2D eigenvalue weighted by atomic mass is 15.0. The largest absolute Gasteiger partial charge is 0.311 e. The summed E-state index contributed by atoms with van der Waals surface area (Å²) in [7, 11) is 0. The topological polar surface area (TPSA) is 14.2 Å². The van der Waals surface area contributed by atoms with Crippen LogP contribution in [0.15, 0.2) is 188 Å². The Morgan fingerprint density at radius 3 is 1.23 bits per heavy atom. The number of aromatic nitrogens is 2. The van der Waals surface area contributed by atoms with E-state index >= 15 is 0 Å². The molecule has 2 heterocycles. The summed E-state index contributed by atoms with van der Waals surface area (Å²) < 4.78 is 4.62. The van der Waals surface area contributed by atoms with Gasteiger partial charge in [-0.3, -0.25) is 0 Å². The molecule has 8 aromatic carbocycles. The first-order chi connectivity index (χ1) is 25.7. The fraction of sp³-hybridized carbons (Fsp3) is 0. The number of benzene rings is 8. The average Bonchev–Trinajstić information content (AvgIpc) is 3.73. The van der Waals surface area contributed by atoms with Crippen LogP contribution in [0.3, 0.4) is 0 Å². The third kappa shape index (κ3) is 4.81. The first kappa shape index (κ1) is 29.7. The lowest BCUT2D eigenvalue weighted by Crippen LogP contribution is -1.93. The molecule has 10 aromatic rings. The van der Waals surface area contributed by atoms with Crippen molar-refractivity contribution in [2.24, 2.45) is 0 Å². The van der Waals surface area contributed by atoms with Crippen LogP contribution in [0.2, 0.25) is 0 Å². The maximum absolute atomic E-state index is 7.52. The van der Waals surface area contributed by atoms with E-state index in [4.69, 9.17) is 6.57 Å². The van der Waals surface area contributed by atoms with E-state index in [1.54, 1.807) is 0 Å². The smallest absolute Gasteiger partial charge is 0.189 e. The van der Waals surface area contributed by atoms with Crippen molar-refractivity contribution in [2.45, 2.75) is 0 Å². The Balaban J connectivity index is 0.964. The molecular formula is C49H31N3. The molecule has 0 amide bonds. The zero-order chi connectivity index (χ0) is 34.6. The van der Waals surface area contributed by atoms with Gasteiger partial charge in [-0.15, -0.1) is 0 Å². The molecule has 0 unspecified atom stereocenters.